The number of amides is 2. The molecule has 0 rings (SSSR count). The summed E-state index contributed by atoms with van der Waals surface area (Å²) in [7, 11) is 0. The van der Waals surface area contributed by atoms with E-state index in [0.29, 0.717) is 12.8 Å². The van der Waals surface area contributed by atoms with Crippen molar-refractivity contribution in [1.29, 1.82) is 0 Å². The molecule has 0 saturated carbocycles. The largest absolute Gasteiger partial charge is 0.480 e. The molecule has 0 aliphatic rings. The molecule has 0 bridgehead atoms. The van der Waals surface area contributed by atoms with Gasteiger partial charge in [0.2, 0.25) is 11.8 Å². The zero-order chi connectivity index (χ0) is 34.8. The van der Waals surface area contributed by atoms with E-state index in [1.165, 1.54) is 57.8 Å². The Morgan fingerprint density at radius 3 is 1.72 bits per heavy atom. The van der Waals surface area contributed by atoms with Gasteiger partial charge >= 0.3 is 11.9 Å². The Balaban J connectivity index is 4.06. The molecule has 0 aliphatic heterocycles. The number of aliphatic carboxylic acids is 1. The van der Waals surface area contributed by atoms with Crippen LogP contribution in [0.1, 0.15) is 168 Å². The number of ether oxygens (including phenoxy) is 1. The van der Waals surface area contributed by atoms with E-state index in [4.69, 9.17) is 14.9 Å². The van der Waals surface area contributed by atoms with E-state index >= 15 is 0 Å². The summed E-state index contributed by atoms with van der Waals surface area (Å²) in [5.74, 6) is -2.36. The first-order valence-corrected chi connectivity index (χ1v) is 18.7. The minimum atomic E-state index is -1.38. The number of carboxylic acids is 1. The maximum atomic E-state index is 12.6. The Bertz CT molecular complexity index is 859. The highest BCUT2D eigenvalue weighted by Crippen LogP contribution is 2.18. The summed E-state index contributed by atoms with van der Waals surface area (Å²) in [6.07, 6.45) is 33.7. The van der Waals surface area contributed by atoms with Crippen molar-refractivity contribution in [2.45, 2.75) is 180 Å². The van der Waals surface area contributed by atoms with Gasteiger partial charge in [0.05, 0.1) is 13.2 Å². The minimum Gasteiger partial charge on any atom is -0.480 e. The fourth-order valence-corrected chi connectivity index (χ4v) is 5.27. The average molecular weight is 665 g/mol. The van der Waals surface area contributed by atoms with Crippen LogP contribution >= 0.6 is 0 Å². The van der Waals surface area contributed by atoms with Crippen molar-refractivity contribution in [3.8, 4) is 0 Å². The van der Waals surface area contributed by atoms with Gasteiger partial charge in [-0.3, -0.25) is 14.4 Å². The normalized spacial score (nSPS) is 12.7. The van der Waals surface area contributed by atoms with Gasteiger partial charge in [0.1, 0.15) is 12.1 Å². The van der Waals surface area contributed by atoms with Crippen molar-refractivity contribution < 1.29 is 34.1 Å². The summed E-state index contributed by atoms with van der Waals surface area (Å²) in [4.78, 5) is 47.2. The summed E-state index contributed by atoms with van der Waals surface area (Å²) >= 11 is 0. The van der Waals surface area contributed by atoms with Crippen LogP contribution in [0.5, 0.6) is 0 Å². The highest BCUT2D eigenvalue weighted by molar-refractivity contribution is 5.87. The third kappa shape index (κ3) is 30.4. The monoisotopic (exact) mass is 665 g/mol. The molecule has 2 atom stereocenters. The number of carbonyl (C=O) groups is 4. The lowest BCUT2D eigenvalue weighted by molar-refractivity contribution is -0.150. The first kappa shape index (κ1) is 44.3. The van der Waals surface area contributed by atoms with Crippen LogP contribution in [0.4, 0.5) is 0 Å². The van der Waals surface area contributed by atoms with E-state index in [1.807, 2.05) is 0 Å². The first-order chi connectivity index (χ1) is 22.8. The highest BCUT2D eigenvalue weighted by Gasteiger charge is 2.19. The number of esters is 1. The Labute approximate surface area is 285 Å². The zero-order valence-electron chi connectivity index (χ0n) is 29.8. The molecule has 4 N–H and O–H groups in total. The maximum absolute atomic E-state index is 12.6. The van der Waals surface area contributed by atoms with Gasteiger partial charge in [0.25, 0.3) is 0 Å². The molecule has 0 radical (unpaired) electrons. The number of hydrogen-bond acceptors (Lipinski definition) is 6. The second-order valence-corrected chi connectivity index (χ2v) is 12.7. The predicted octanol–water partition coefficient (Wildman–Crippen LogP) is 8.09. The van der Waals surface area contributed by atoms with Crippen molar-refractivity contribution in [1.82, 2.24) is 10.6 Å². The van der Waals surface area contributed by atoms with E-state index < -0.39 is 24.5 Å². The lowest BCUT2D eigenvalue weighted by atomic mass is 10.0. The third-order valence-corrected chi connectivity index (χ3v) is 8.20. The second kappa shape index (κ2) is 33.2. The number of unbranched alkanes of at least 4 members (excludes halogenated alkanes) is 15. The molecule has 0 fully saturated rings. The first-order valence-electron chi connectivity index (χ1n) is 18.7. The van der Waals surface area contributed by atoms with Crippen molar-refractivity contribution in [2.24, 2.45) is 0 Å². The molecule has 0 heterocycles. The summed E-state index contributed by atoms with van der Waals surface area (Å²) < 4.78 is 5.90. The maximum Gasteiger partial charge on any atom is 0.328 e. The highest BCUT2D eigenvalue weighted by atomic mass is 16.5. The van der Waals surface area contributed by atoms with Gasteiger partial charge in [-0.05, 0) is 70.6 Å². The Hall–Kier alpha value is -2.68. The standard InChI is InChI=1S/C38H68N2O7/c1-3-5-7-9-10-11-12-13-14-15-16-17-18-19-20-26-30-37(44)47-33(27-23-8-6-4-2)28-24-21-22-25-29-35(42)39-31-36(43)40-34(32-41)38(45)46/h11-12,14-15,33-34,41H,3-10,13,16-32H2,1-2H3,(H,39,42)(H,40,43)(H,45,46)/b12-11-,15-14-. The van der Waals surface area contributed by atoms with Crippen LogP contribution in [-0.2, 0) is 23.9 Å². The van der Waals surface area contributed by atoms with E-state index in [0.717, 1.165) is 77.0 Å². The summed E-state index contributed by atoms with van der Waals surface area (Å²) in [6.45, 7) is 3.38. The number of aliphatic hydroxyl groups is 1. The molecular formula is C38H68N2O7. The molecule has 9 nitrogen and oxygen atoms in total. The van der Waals surface area contributed by atoms with Crippen LogP contribution in [0.2, 0.25) is 0 Å². The molecule has 0 spiro atoms. The number of aliphatic hydroxyl groups excluding tert-OH is 1. The molecule has 2 amide bonds. The van der Waals surface area contributed by atoms with Crippen molar-refractivity contribution in [3.05, 3.63) is 24.3 Å². The molecule has 0 aromatic carbocycles. The Morgan fingerprint density at radius 1 is 0.638 bits per heavy atom. The number of rotatable bonds is 33. The molecule has 0 aromatic rings. The molecular weight excluding hydrogens is 596 g/mol. The Kier molecular flexibility index (Phi) is 31.3. The fourth-order valence-electron chi connectivity index (χ4n) is 5.27. The van der Waals surface area contributed by atoms with Crippen molar-refractivity contribution in [3.63, 3.8) is 0 Å². The number of carbonyl (C=O) groups excluding carboxylic acids is 3. The lowest BCUT2D eigenvalue weighted by Gasteiger charge is -2.18. The van der Waals surface area contributed by atoms with Crippen molar-refractivity contribution in [2.75, 3.05) is 13.2 Å². The van der Waals surface area contributed by atoms with E-state index in [1.54, 1.807) is 0 Å². The topological polar surface area (TPSA) is 142 Å². The SMILES string of the molecule is CCCCCC/C=C\C/C=C\CCCCCCCC(=O)OC(CCCCCC)CCCCCCC(=O)NCC(=O)NC(CO)C(=O)O. The molecule has 47 heavy (non-hydrogen) atoms. The van der Waals surface area contributed by atoms with Gasteiger partial charge in [0.15, 0.2) is 0 Å². The molecule has 9 heteroatoms. The van der Waals surface area contributed by atoms with Gasteiger partial charge in [-0.2, -0.15) is 0 Å². The van der Waals surface area contributed by atoms with Gasteiger partial charge in [-0.1, -0.05) is 109 Å². The zero-order valence-corrected chi connectivity index (χ0v) is 29.8. The minimum absolute atomic E-state index is 0.0441. The quantitative estimate of drug-likeness (QED) is 0.0316. The van der Waals surface area contributed by atoms with Crippen LogP contribution in [0, 0.1) is 0 Å². The second-order valence-electron chi connectivity index (χ2n) is 12.7. The fraction of sp³-hybridized carbons (Fsp3) is 0.789. The Morgan fingerprint density at radius 2 is 1.15 bits per heavy atom. The third-order valence-electron chi connectivity index (χ3n) is 8.20. The molecule has 0 saturated heterocycles. The van der Waals surface area contributed by atoms with Crippen LogP contribution in [0.15, 0.2) is 24.3 Å². The summed E-state index contributed by atoms with van der Waals surface area (Å²) in [6, 6.07) is -1.38. The number of carboxylic acid groups (broad SMARTS) is 1. The molecule has 0 aromatic heterocycles. The number of hydrogen-bond donors (Lipinski definition) is 4. The number of allylic oxidation sites excluding steroid dienone is 4. The van der Waals surface area contributed by atoms with E-state index in [9.17, 15) is 19.2 Å². The van der Waals surface area contributed by atoms with Gasteiger partial charge in [-0.25, -0.2) is 4.79 Å². The van der Waals surface area contributed by atoms with Crippen LogP contribution in [0.3, 0.4) is 0 Å². The molecule has 0 aliphatic carbocycles. The number of nitrogens with one attached hydrogen (secondary N) is 2. The van der Waals surface area contributed by atoms with Crippen molar-refractivity contribution >= 4 is 23.8 Å². The predicted molar refractivity (Wildman–Crippen MR) is 190 cm³/mol. The summed E-state index contributed by atoms with van der Waals surface area (Å²) in [5.41, 5.74) is 0. The molecule has 2 unspecified atom stereocenters. The van der Waals surface area contributed by atoms with Crippen LogP contribution < -0.4 is 10.6 Å². The van der Waals surface area contributed by atoms with Gasteiger partial charge in [-0.15, -0.1) is 0 Å². The summed E-state index contributed by atoms with van der Waals surface area (Å²) in [5, 5.41) is 22.4. The van der Waals surface area contributed by atoms with E-state index in [-0.39, 0.29) is 30.9 Å². The van der Waals surface area contributed by atoms with Crippen LogP contribution in [-0.4, -0.2) is 59.3 Å². The lowest BCUT2D eigenvalue weighted by Crippen LogP contribution is -2.47. The smallest absolute Gasteiger partial charge is 0.328 e. The molecule has 272 valence electrons. The average Bonchev–Trinajstić information content (AvgIpc) is 3.05. The van der Waals surface area contributed by atoms with Gasteiger partial charge < -0.3 is 25.6 Å². The van der Waals surface area contributed by atoms with E-state index in [2.05, 4.69) is 48.8 Å². The van der Waals surface area contributed by atoms with Crippen LogP contribution in [0.25, 0.3) is 0 Å². The van der Waals surface area contributed by atoms with Gasteiger partial charge in [0, 0.05) is 12.8 Å².